The van der Waals surface area contributed by atoms with Crippen molar-refractivity contribution in [3.05, 3.63) is 11.6 Å². The van der Waals surface area contributed by atoms with Crippen molar-refractivity contribution < 1.29 is 4.74 Å². The molecule has 5 heteroatoms. The van der Waals surface area contributed by atoms with Gasteiger partial charge in [-0.1, -0.05) is 26.2 Å². The van der Waals surface area contributed by atoms with Gasteiger partial charge in [0.1, 0.15) is 11.6 Å². The second-order valence-electron chi connectivity index (χ2n) is 6.18. The molecule has 2 fully saturated rings. The van der Waals surface area contributed by atoms with Crippen molar-refractivity contribution in [2.45, 2.75) is 51.6 Å². The number of aromatic nitrogens is 3. The third-order valence-electron chi connectivity index (χ3n) is 4.90. The van der Waals surface area contributed by atoms with Gasteiger partial charge in [0.05, 0.1) is 19.8 Å². The minimum atomic E-state index is 0.566. The topological polar surface area (TPSA) is 43.2 Å². The van der Waals surface area contributed by atoms with Crippen LogP contribution in [0.15, 0.2) is 0 Å². The van der Waals surface area contributed by atoms with Gasteiger partial charge in [0.2, 0.25) is 0 Å². The van der Waals surface area contributed by atoms with Crippen LogP contribution in [0.3, 0.4) is 0 Å². The van der Waals surface area contributed by atoms with E-state index in [9.17, 15) is 0 Å². The van der Waals surface area contributed by atoms with Gasteiger partial charge in [-0.3, -0.25) is 4.90 Å². The van der Waals surface area contributed by atoms with Crippen LogP contribution in [0.2, 0.25) is 0 Å². The van der Waals surface area contributed by atoms with E-state index in [1.165, 1.54) is 25.7 Å². The molecule has 1 aromatic rings. The second-order valence-corrected chi connectivity index (χ2v) is 6.18. The molecule has 0 aromatic carbocycles. The van der Waals surface area contributed by atoms with E-state index in [0.717, 1.165) is 50.3 Å². The lowest BCUT2D eigenvalue weighted by molar-refractivity contribution is -0.0258. The average molecular weight is 278 g/mol. The van der Waals surface area contributed by atoms with Crippen LogP contribution in [0.4, 0.5) is 0 Å². The van der Waals surface area contributed by atoms with E-state index < -0.39 is 0 Å². The van der Waals surface area contributed by atoms with Crippen molar-refractivity contribution in [3.8, 4) is 0 Å². The first-order valence-electron chi connectivity index (χ1n) is 7.97. The van der Waals surface area contributed by atoms with Crippen molar-refractivity contribution in [2.75, 3.05) is 19.8 Å². The van der Waals surface area contributed by atoms with Crippen molar-refractivity contribution in [1.29, 1.82) is 0 Å². The van der Waals surface area contributed by atoms with Crippen LogP contribution in [0.5, 0.6) is 0 Å². The molecule has 1 unspecified atom stereocenters. The van der Waals surface area contributed by atoms with Crippen LogP contribution in [0.25, 0.3) is 0 Å². The number of morpholine rings is 1. The summed E-state index contributed by atoms with van der Waals surface area (Å²) in [5.41, 5.74) is 0. The summed E-state index contributed by atoms with van der Waals surface area (Å²) in [4.78, 5) is 2.55. The minimum Gasteiger partial charge on any atom is -0.378 e. The summed E-state index contributed by atoms with van der Waals surface area (Å²) in [5, 5.41) is 8.63. The molecule has 20 heavy (non-hydrogen) atoms. The van der Waals surface area contributed by atoms with Gasteiger partial charge in [-0.2, -0.15) is 0 Å². The molecule has 1 aromatic heterocycles. The molecule has 0 bridgehead atoms. The Balaban J connectivity index is 1.64. The Labute approximate surface area is 121 Å². The summed E-state index contributed by atoms with van der Waals surface area (Å²) >= 11 is 0. The largest absolute Gasteiger partial charge is 0.378 e. The molecule has 0 amide bonds. The highest BCUT2D eigenvalue weighted by atomic mass is 16.5. The highest BCUT2D eigenvalue weighted by Crippen LogP contribution is 2.32. The molecule has 112 valence electrons. The minimum absolute atomic E-state index is 0.566. The zero-order valence-electron chi connectivity index (χ0n) is 12.7. The molecule has 0 spiro atoms. The predicted octanol–water partition coefficient (Wildman–Crippen LogP) is 1.77. The van der Waals surface area contributed by atoms with Crippen molar-refractivity contribution >= 4 is 0 Å². The first kappa shape index (κ1) is 14.0. The zero-order chi connectivity index (χ0) is 13.9. The molecule has 1 saturated heterocycles. The maximum atomic E-state index is 5.69. The summed E-state index contributed by atoms with van der Waals surface area (Å²) in [5.74, 6) is 3.08. The fourth-order valence-corrected chi connectivity index (χ4v) is 3.25. The van der Waals surface area contributed by atoms with Crippen molar-refractivity contribution in [1.82, 2.24) is 19.7 Å². The monoisotopic (exact) mass is 278 g/mol. The normalized spacial score (nSPS) is 24.8. The summed E-state index contributed by atoms with van der Waals surface area (Å²) < 4.78 is 7.84. The van der Waals surface area contributed by atoms with E-state index in [2.05, 4.69) is 33.6 Å². The van der Waals surface area contributed by atoms with E-state index in [1.807, 2.05) is 0 Å². The molecule has 0 N–H and O–H groups in total. The summed E-state index contributed by atoms with van der Waals surface area (Å²) in [6, 6.07) is 0.566. The number of nitrogens with zero attached hydrogens (tertiary/aromatic N) is 4. The number of hydrogen-bond acceptors (Lipinski definition) is 4. The number of rotatable bonds is 5. The molecule has 1 atom stereocenters. The van der Waals surface area contributed by atoms with Gasteiger partial charge in [-0.15, -0.1) is 10.2 Å². The molecule has 3 rings (SSSR count). The Kier molecular flexibility index (Phi) is 4.36. The highest BCUT2D eigenvalue weighted by Gasteiger charge is 2.29. The summed E-state index contributed by atoms with van der Waals surface area (Å²) in [6.45, 7) is 5.78. The Hall–Kier alpha value is -0.940. The SMILES string of the molecule is CCc1nnc(CN2CCOCC2CC2CCC2)n1C. The predicted molar refractivity (Wildman–Crippen MR) is 77.4 cm³/mol. The molecule has 1 aliphatic carbocycles. The Morgan fingerprint density at radius 1 is 1.25 bits per heavy atom. The highest BCUT2D eigenvalue weighted by molar-refractivity contribution is 4.96. The Morgan fingerprint density at radius 3 is 2.70 bits per heavy atom. The van der Waals surface area contributed by atoms with E-state index >= 15 is 0 Å². The van der Waals surface area contributed by atoms with Gasteiger partial charge < -0.3 is 9.30 Å². The lowest BCUT2D eigenvalue weighted by Crippen LogP contribution is -2.46. The van der Waals surface area contributed by atoms with Crippen LogP contribution in [-0.2, 0) is 24.8 Å². The smallest absolute Gasteiger partial charge is 0.146 e. The molecular weight excluding hydrogens is 252 g/mol. The van der Waals surface area contributed by atoms with Gasteiger partial charge in [-0.05, 0) is 12.3 Å². The average Bonchev–Trinajstić information content (AvgIpc) is 2.76. The maximum Gasteiger partial charge on any atom is 0.146 e. The van der Waals surface area contributed by atoms with Crippen LogP contribution in [-0.4, -0.2) is 45.5 Å². The lowest BCUT2D eigenvalue weighted by Gasteiger charge is -2.39. The standard InChI is InChI=1S/C15H26N4O/c1-3-14-16-17-15(18(14)2)10-19-7-8-20-11-13(19)9-12-5-4-6-12/h12-13H,3-11H2,1-2H3. The molecule has 2 aliphatic rings. The third kappa shape index (κ3) is 2.88. The van der Waals surface area contributed by atoms with Gasteiger partial charge in [-0.25, -0.2) is 0 Å². The molecule has 5 nitrogen and oxygen atoms in total. The van der Waals surface area contributed by atoms with Gasteiger partial charge >= 0.3 is 0 Å². The molecular formula is C15H26N4O. The fourth-order valence-electron chi connectivity index (χ4n) is 3.25. The number of aryl methyl sites for hydroxylation is 1. The fraction of sp³-hybridized carbons (Fsp3) is 0.867. The van der Waals surface area contributed by atoms with E-state index in [0.29, 0.717) is 6.04 Å². The lowest BCUT2D eigenvalue weighted by atomic mass is 9.80. The van der Waals surface area contributed by atoms with Crippen LogP contribution < -0.4 is 0 Å². The van der Waals surface area contributed by atoms with Crippen LogP contribution in [0.1, 0.15) is 44.3 Å². The Morgan fingerprint density at radius 2 is 2.05 bits per heavy atom. The van der Waals surface area contributed by atoms with Gasteiger partial charge in [0, 0.05) is 26.1 Å². The second kappa shape index (κ2) is 6.22. The van der Waals surface area contributed by atoms with E-state index in [1.54, 1.807) is 0 Å². The van der Waals surface area contributed by atoms with E-state index in [-0.39, 0.29) is 0 Å². The van der Waals surface area contributed by atoms with Gasteiger partial charge in [0.25, 0.3) is 0 Å². The van der Waals surface area contributed by atoms with Gasteiger partial charge in [0.15, 0.2) is 0 Å². The summed E-state index contributed by atoms with van der Waals surface area (Å²) in [6.07, 6.45) is 6.47. The number of hydrogen-bond donors (Lipinski definition) is 0. The Bertz CT molecular complexity index is 441. The number of ether oxygens (including phenoxy) is 1. The molecule has 1 aliphatic heterocycles. The maximum absolute atomic E-state index is 5.69. The first-order valence-corrected chi connectivity index (χ1v) is 7.97. The van der Waals surface area contributed by atoms with Crippen molar-refractivity contribution in [2.24, 2.45) is 13.0 Å². The molecule has 0 radical (unpaired) electrons. The van der Waals surface area contributed by atoms with E-state index in [4.69, 9.17) is 4.74 Å². The molecule has 1 saturated carbocycles. The summed E-state index contributed by atoms with van der Waals surface area (Å²) in [7, 11) is 2.08. The van der Waals surface area contributed by atoms with Crippen LogP contribution in [0, 0.1) is 5.92 Å². The third-order valence-corrected chi connectivity index (χ3v) is 4.90. The quantitative estimate of drug-likeness (QED) is 0.823. The van der Waals surface area contributed by atoms with Crippen LogP contribution >= 0.6 is 0 Å². The zero-order valence-corrected chi connectivity index (χ0v) is 12.7. The first-order chi connectivity index (χ1) is 9.78. The molecule has 2 heterocycles. The van der Waals surface area contributed by atoms with Crippen molar-refractivity contribution in [3.63, 3.8) is 0 Å².